The molecule has 2 fully saturated rings. The molecular formula is C23H24N8S. The molecule has 0 unspecified atom stereocenters. The van der Waals surface area contributed by atoms with Gasteiger partial charge in [-0.3, -0.25) is 9.88 Å². The molecule has 2 saturated heterocycles. The molecule has 0 radical (unpaired) electrons. The van der Waals surface area contributed by atoms with Gasteiger partial charge in [0.25, 0.3) is 0 Å². The van der Waals surface area contributed by atoms with Crippen LogP contribution < -0.4 is 10.6 Å². The third kappa shape index (κ3) is 4.22. The number of fused-ring (bicyclic) bond motifs is 3. The van der Waals surface area contributed by atoms with Gasteiger partial charge in [-0.2, -0.15) is 10.5 Å². The fourth-order valence-corrected chi connectivity index (χ4v) is 5.65. The second-order valence-corrected chi connectivity index (χ2v) is 9.42. The van der Waals surface area contributed by atoms with Crippen molar-refractivity contribution in [3.63, 3.8) is 0 Å². The number of aromatic nitrogens is 3. The SMILES string of the molecule is N#CCCCN1[C@@H]2CC[C@H]1C[C@H](Nc1nc(Nc3ncc(C#N)s3)cc3ncccc13)C2. The maximum atomic E-state index is 9.05. The lowest BCUT2D eigenvalue weighted by atomic mass is 9.96. The topological polar surface area (TPSA) is 114 Å². The third-order valence-electron chi connectivity index (χ3n) is 6.38. The number of unbranched alkanes of at least 4 members (excludes halogenated alkanes) is 1. The molecule has 0 aliphatic carbocycles. The highest BCUT2D eigenvalue weighted by atomic mass is 32.1. The van der Waals surface area contributed by atoms with Crippen LogP contribution in [-0.2, 0) is 0 Å². The van der Waals surface area contributed by atoms with E-state index in [0.717, 1.165) is 42.5 Å². The smallest absolute Gasteiger partial charge is 0.189 e. The van der Waals surface area contributed by atoms with Crippen molar-refractivity contribution in [3.8, 4) is 12.1 Å². The molecule has 2 aliphatic heterocycles. The molecule has 9 heteroatoms. The number of hydrogen-bond donors (Lipinski definition) is 2. The summed E-state index contributed by atoms with van der Waals surface area (Å²) >= 11 is 1.30. The van der Waals surface area contributed by atoms with Crippen molar-refractivity contribution in [3.05, 3.63) is 35.5 Å². The highest BCUT2D eigenvalue weighted by molar-refractivity contribution is 7.16. The Balaban J connectivity index is 1.35. The normalized spacial score (nSPS) is 22.4. The molecule has 2 aliphatic rings. The molecule has 5 heterocycles. The molecule has 2 bridgehead atoms. The van der Waals surface area contributed by atoms with E-state index < -0.39 is 0 Å². The summed E-state index contributed by atoms with van der Waals surface area (Å²) in [6.45, 7) is 1.03. The van der Waals surface area contributed by atoms with Gasteiger partial charge in [0.15, 0.2) is 5.13 Å². The van der Waals surface area contributed by atoms with Crippen LogP contribution in [0, 0.1) is 22.7 Å². The number of nitriles is 2. The summed E-state index contributed by atoms with van der Waals surface area (Å²) in [5.41, 5.74) is 0.862. The first kappa shape index (κ1) is 20.6. The van der Waals surface area contributed by atoms with Crippen molar-refractivity contribution >= 4 is 39.0 Å². The van der Waals surface area contributed by atoms with Crippen molar-refractivity contribution in [2.24, 2.45) is 0 Å². The van der Waals surface area contributed by atoms with E-state index in [9.17, 15) is 0 Å². The quantitative estimate of drug-likeness (QED) is 0.515. The molecule has 2 N–H and O–H groups in total. The van der Waals surface area contributed by atoms with E-state index in [0.29, 0.717) is 40.4 Å². The van der Waals surface area contributed by atoms with Gasteiger partial charge in [0, 0.05) is 42.2 Å². The highest BCUT2D eigenvalue weighted by Gasteiger charge is 2.40. The zero-order valence-electron chi connectivity index (χ0n) is 17.7. The molecule has 32 heavy (non-hydrogen) atoms. The van der Waals surface area contributed by atoms with Crippen molar-refractivity contribution < 1.29 is 0 Å². The Morgan fingerprint density at radius 2 is 2.03 bits per heavy atom. The zero-order chi connectivity index (χ0) is 21.9. The van der Waals surface area contributed by atoms with E-state index in [1.165, 1.54) is 24.2 Å². The van der Waals surface area contributed by atoms with Crippen LogP contribution in [0.4, 0.5) is 16.8 Å². The predicted molar refractivity (Wildman–Crippen MR) is 125 cm³/mol. The minimum absolute atomic E-state index is 0.357. The van der Waals surface area contributed by atoms with Crippen LogP contribution in [0.2, 0.25) is 0 Å². The molecular weight excluding hydrogens is 420 g/mol. The Hall–Kier alpha value is -3.27. The Kier molecular flexibility index (Phi) is 5.85. The van der Waals surface area contributed by atoms with Crippen LogP contribution in [-0.4, -0.2) is 44.5 Å². The highest BCUT2D eigenvalue weighted by Crippen LogP contribution is 2.37. The van der Waals surface area contributed by atoms with Crippen LogP contribution in [0.25, 0.3) is 10.9 Å². The predicted octanol–water partition coefficient (Wildman–Crippen LogP) is 4.41. The van der Waals surface area contributed by atoms with Gasteiger partial charge < -0.3 is 10.6 Å². The maximum absolute atomic E-state index is 9.05. The Morgan fingerprint density at radius 1 is 1.19 bits per heavy atom. The first-order valence-electron chi connectivity index (χ1n) is 11.0. The molecule has 5 rings (SSSR count). The van der Waals surface area contributed by atoms with Crippen LogP contribution in [0.15, 0.2) is 30.6 Å². The molecule has 0 saturated carbocycles. The van der Waals surface area contributed by atoms with Gasteiger partial charge in [-0.15, -0.1) is 0 Å². The molecule has 8 nitrogen and oxygen atoms in total. The van der Waals surface area contributed by atoms with Crippen molar-refractivity contribution in [1.82, 2.24) is 19.9 Å². The number of hydrogen-bond acceptors (Lipinski definition) is 9. The van der Waals surface area contributed by atoms with Gasteiger partial charge in [0.2, 0.25) is 0 Å². The van der Waals surface area contributed by atoms with E-state index >= 15 is 0 Å². The van der Waals surface area contributed by atoms with Gasteiger partial charge >= 0.3 is 0 Å². The summed E-state index contributed by atoms with van der Waals surface area (Å²) in [7, 11) is 0. The summed E-state index contributed by atoms with van der Waals surface area (Å²) < 4.78 is 0. The van der Waals surface area contributed by atoms with Crippen molar-refractivity contribution in [1.29, 1.82) is 10.5 Å². The second-order valence-electron chi connectivity index (χ2n) is 8.39. The van der Waals surface area contributed by atoms with E-state index in [1.807, 2.05) is 18.2 Å². The number of thiazole rings is 1. The number of nitrogens with zero attached hydrogens (tertiary/aromatic N) is 6. The van der Waals surface area contributed by atoms with Gasteiger partial charge in [-0.05, 0) is 50.8 Å². The van der Waals surface area contributed by atoms with Crippen LogP contribution in [0.5, 0.6) is 0 Å². The Morgan fingerprint density at radius 3 is 2.78 bits per heavy atom. The summed E-state index contributed by atoms with van der Waals surface area (Å²) in [5, 5.41) is 26.5. The monoisotopic (exact) mass is 444 g/mol. The molecule has 0 aromatic carbocycles. The lowest BCUT2D eigenvalue weighted by Gasteiger charge is -2.39. The minimum Gasteiger partial charge on any atom is -0.367 e. The molecule has 0 amide bonds. The van der Waals surface area contributed by atoms with Crippen molar-refractivity contribution in [2.45, 2.75) is 56.7 Å². The number of nitrogens with one attached hydrogen (secondary N) is 2. The van der Waals surface area contributed by atoms with Gasteiger partial charge in [-0.1, -0.05) is 11.3 Å². The number of anilines is 3. The molecule has 3 atom stereocenters. The summed E-state index contributed by atoms with van der Waals surface area (Å²) in [6, 6.07) is 11.8. The minimum atomic E-state index is 0.357. The molecule has 3 aromatic rings. The van der Waals surface area contributed by atoms with E-state index in [2.05, 4.69) is 37.6 Å². The Bertz CT molecular complexity index is 1180. The second kappa shape index (κ2) is 9.07. The molecule has 162 valence electrons. The number of piperidine rings is 1. The molecule has 3 aromatic heterocycles. The average Bonchev–Trinajstić information content (AvgIpc) is 3.35. The lowest BCUT2D eigenvalue weighted by molar-refractivity contribution is 0.131. The van der Waals surface area contributed by atoms with Crippen LogP contribution in [0.3, 0.4) is 0 Å². The van der Waals surface area contributed by atoms with E-state index in [4.69, 9.17) is 15.5 Å². The summed E-state index contributed by atoms with van der Waals surface area (Å²) in [6.07, 6.45) is 9.58. The van der Waals surface area contributed by atoms with Gasteiger partial charge in [0.05, 0.1) is 17.8 Å². The van der Waals surface area contributed by atoms with Gasteiger partial charge in [0.1, 0.15) is 22.6 Å². The number of rotatable bonds is 7. The standard InChI is InChI=1S/C23H24N8S/c24-7-1-2-9-31-16-5-6-17(31)11-15(10-16)28-22-19-4-3-8-26-20(19)12-21(29-22)30-23-27-14-18(13-25)32-23/h3-4,8,12,14-17H,1-2,5-6,9-11H2,(H2,27,28,29,30)/t15-,16-,17+. The zero-order valence-corrected chi connectivity index (χ0v) is 18.5. The largest absolute Gasteiger partial charge is 0.367 e. The number of pyridine rings is 2. The maximum Gasteiger partial charge on any atom is 0.189 e. The van der Waals surface area contributed by atoms with Crippen LogP contribution >= 0.6 is 11.3 Å². The average molecular weight is 445 g/mol. The van der Waals surface area contributed by atoms with Crippen molar-refractivity contribution in [2.75, 3.05) is 17.2 Å². The molecule has 0 spiro atoms. The van der Waals surface area contributed by atoms with Gasteiger partial charge in [-0.25, -0.2) is 9.97 Å². The van der Waals surface area contributed by atoms with Crippen LogP contribution in [0.1, 0.15) is 43.4 Å². The third-order valence-corrected chi connectivity index (χ3v) is 7.20. The van der Waals surface area contributed by atoms with E-state index in [-0.39, 0.29) is 0 Å². The fraction of sp³-hybridized carbons (Fsp3) is 0.435. The van der Waals surface area contributed by atoms with E-state index in [1.54, 1.807) is 12.4 Å². The fourth-order valence-electron chi connectivity index (χ4n) is 5.03. The Labute approximate surface area is 190 Å². The first-order chi connectivity index (χ1) is 15.7. The lowest BCUT2D eigenvalue weighted by Crippen LogP contribution is -2.47. The summed E-state index contributed by atoms with van der Waals surface area (Å²) in [4.78, 5) is 16.8. The first-order valence-corrected chi connectivity index (χ1v) is 11.8. The summed E-state index contributed by atoms with van der Waals surface area (Å²) in [5.74, 6) is 1.49.